The van der Waals surface area contributed by atoms with E-state index in [0.717, 1.165) is 0 Å². The molecule has 5 heteroatoms. The highest BCUT2D eigenvalue weighted by molar-refractivity contribution is 6.34. The Morgan fingerprint density at radius 2 is 1.52 bits per heavy atom. The van der Waals surface area contributed by atoms with Gasteiger partial charge in [0.15, 0.2) is 0 Å². The highest BCUT2D eigenvalue weighted by Crippen LogP contribution is 2.18. The Morgan fingerprint density at radius 1 is 0.952 bits per heavy atom. The topological polar surface area (TPSA) is 58.2 Å². The fraction of sp³-hybridized carbons (Fsp3) is 0.125. The molecule has 0 saturated carbocycles. The summed E-state index contributed by atoms with van der Waals surface area (Å²) in [6, 6.07) is 13.8. The molecule has 0 heterocycles. The second kappa shape index (κ2) is 6.90. The molecule has 2 aromatic carbocycles. The number of carbonyl (C=O) groups is 2. The lowest BCUT2D eigenvalue weighted by molar-refractivity contribution is -0.115. The monoisotopic (exact) mass is 302 g/mol. The van der Waals surface area contributed by atoms with Gasteiger partial charge in [0.1, 0.15) is 0 Å². The van der Waals surface area contributed by atoms with E-state index in [1.165, 1.54) is 0 Å². The first-order valence-corrected chi connectivity index (χ1v) is 6.93. The maximum atomic E-state index is 12.1. The summed E-state index contributed by atoms with van der Waals surface area (Å²) in [4.78, 5) is 23.3. The summed E-state index contributed by atoms with van der Waals surface area (Å²) in [6.45, 7) is 1.79. The third kappa shape index (κ3) is 4.07. The lowest BCUT2D eigenvalue weighted by Crippen LogP contribution is -2.13. The molecule has 2 rings (SSSR count). The largest absolute Gasteiger partial charge is 0.326 e. The summed E-state index contributed by atoms with van der Waals surface area (Å²) in [5.41, 5.74) is 1.74. The number of carbonyl (C=O) groups excluding carboxylic acids is 2. The van der Waals surface area contributed by atoms with Crippen molar-refractivity contribution >= 4 is 34.8 Å². The number of hydrogen-bond acceptors (Lipinski definition) is 2. The number of nitrogens with one attached hydrogen (secondary N) is 2. The number of anilines is 2. The number of benzene rings is 2. The molecule has 0 aliphatic rings. The van der Waals surface area contributed by atoms with Crippen molar-refractivity contribution in [2.75, 3.05) is 10.6 Å². The van der Waals surface area contributed by atoms with E-state index in [1.54, 1.807) is 55.5 Å². The number of hydrogen-bond donors (Lipinski definition) is 2. The van der Waals surface area contributed by atoms with E-state index in [9.17, 15) is 9.59 Å². The molecule has 0 bridgehead atoms. The Morgan fingerprint density at radius 3 is 2.10 bits per heavy atom. The summed E-state index contributed by atoms with van der Waals surface area (Å²) < 4.78 is 0. The van der Waals surface area contributed by atoms with E-state index in [1.807, 2.05) is 0 Å². The lowest BCUT2D eigenvalue weighted by atomic mass is 10.2. The number of halogens is 1. The first-order valence-electron chi connectivity index (χ1n) is 6.56. The quantitative estimate of drug-likeness (QED) is 0.898. The Hall–Kier alpha value is -2.33. The molecule has 0 aliphatic carbocycles. The van der Waals surface area contributed by atoms with E-state index in [2.05, 4.69) is 10.6 Å². The Kier molecular flexibility index (Phi) is 4.95. The molecule has 2 N–H and O–H groups in total. The van der Waals surface area contributed by atoms with Gasteiger partial charge in [-0.15, -0.1) is 0 Å². The van der Waals surface area contributed by atoms with Gasteiger partial charge in [-0.1, -0.05) is 30.7 Å². The van der Waals surface area contributed by atoms with Gasteiger partial charge in [-0.25, -0.2) is 0 Å². The normalized spacial score (nSPS) is 10.0. The summed E-state index contributed by atoms with van der Waals surface area (Å²) in [6.07, 6.45) is 0.422. The SMILES string of the molecule is CCC(=O)Nc1ccc(NC(=O)c2ccccc2Cl)cc1. The van der Waals surface area contributed by atoms with Gasteiger partial charge in [-0.2, -0.15) is 0 Å². The second-order valence-corrected chi connectivity index (χ2v) is 4.82. The first kappa shape index (κ1) is 15.1. The van der Waals surface area contributed by atoms with Crippen molar-refractivity contribution in [1.29, 1.82) is 0 Å². The van der Waals surface area contributed by atoms with Crippen molar-refractivity contribution in [2.45, 2.75) is 13.3 Å². The maximum Gasteiger partial charge on any atom is 0.257 e. The van der Waals surface area contributed by atoms with E-state index in [4.69, 9.17) is 11.6 Å². The molecule has 108 valence electrons. The van der Waals surface area contributed by atoms with Crippen molar-refractivity contribution in [1.82, 2.24) is 0 Å². The van der Waals surface area contributed by atoms with Gasteiger partial charge >= 0.3 is 0 Å². The molecule has 4 nitrogen and oxygen atoms in total. The molecule has 0 aliphatic heterocycles. The van der Waals surface area contributed by atoms with Gasteiger partial charge in [-0.05, 0) is 36.4 Å². The molecule has 2 aromatic rings. The van der Waals surface area contributed by atoms with Crippen molar-refractivity contribution in [3.63, 3.8) is 0 Å². The predicted molar refractivity (Wildman–Crippen MR) is 84.8 cm³/mol. The highest BCUT2D eigenvalue weighted by Gasteiger charge is 2.09. The van der Waals surface area contributed by atoms with Crippen LogP contribution in [0.2, 0.25) is 5.02 Å². The number of amides is 2. The highest BCUT2D eigenvalue weighted by atomic mass is 35.5. The summed E-state index contributed by atoms with van der Waals surface area (Å²) in [5.74, 6) is -0.325. The molecule has 0 spiro atoms. The zero-order chi connectivity index (χ0) is 15.2. The van der Waals surface area contributed by atoms with Gasteiger partial charge in [0.25, 0.3) is 5.91 Å². The van der Waals surface area contributed by atoms with Gasteiger partial charge in [0, 0.05) is 17.8 Å². The van der Waals surface area contributed by atoms with Crippen molar-refractivity contribution in [3.8, 4) is 0 Å². The zero-order valence-corrected chi connectivity index (χ0v) is 12.3. The zero-order valence-electron chi connectivity index (χ0n) is 11.5. The van der Waals surface area contributed by atoms with Crippen molar-refractivity contribution in [2.24, 2.45) is 0 Å². The molecule has 0 atom stereocenters. The third-order valence-corrected chi connectivity index (χ3v) is 3.20. The van der Waals surface area contributed by atoms with Crippen LogP contribution in [0.1, 0.15) is 23.7 Å². The Balaban J connectivity index is 2.05. The van der Waals surface area contributed by atoms with Gasteiger partial charge in [0.05, 0.1) is 10.6 Å². The Bertz CT molecular complexity index is 654. The van der Waals surface area contributed by atoms with Gasteiger partial charge < -0.3 is 10.6 Å². The average Bonchev–Trinajstić information content (AvgIpc) is 2.49. The Labute approximate surface area is 128 Å². The fourth-order valence-corrected chi connectivity index (χ4v) is 1.95. The van der Waals surface area contributed by atoms with Crippen LogP contribution in [0.4, 0.5) is 11.4 Å². The van der Waals surface area contributed by atoms with Crippen LogP contribution >= 0.6 is 11.6 Å². The first-order chi connectivity index (χ1) is 10.1. The molecular formula is C16H15ClN2O2. The van der Waals surface area contributed by atoms with Gasteiger partial charge in [-0.3, -0.25) is 9.59 Å². The van der Waals surface area contributed by atoms with Gasteiger partial charge in [0.2, 0.25) is 5.91 Å². The van der Waals surface area contributed by atoms with Crippen LogP contribution in [0.5, 0.6) is 0 Å². The molecule has 0 fully saturated rings. The van der Waals surface area contributed by atoms with Crippen LogP contribution in [0, 0.1) is 0 Å². The standard InChI is InChI=1S/C16H15ClN2O2/c1-2-15(20)18-11-7-9-12(10-8-11)19-16(21)13-5-3-4-6-14(13)17/h3-10H,2H2,1H3,(H,18,20)(H,19,21). The van der Waals surface area contributed by atoms with Crippen LogP contribution in [0.15, 0.2) is 48.5 Å². The van der Waals surface area contributed by atoms with Crippen molar-refractivity contribution in [3.05, 3.63) is 59.1 Å². The van der Waals surface area contributed by atoms with Crippen LogP contribution in [-0.4, -0.2) is 11.8 Å². The van der Waals surface area contributed by atoms with E-state index in [0.29, 0.717) is 28.4 Å². The van der Waals surface area contributed by atoms with Crippen LogP contribution in [0.3, 0.4) is 0 Å². The predicted octanol–water partition coefficient (Wildman–Crippen LogP) is 3.94. The molecule has 2 amide bonds. The molecule has 0 unspecified atom stereocenters. The smallest absolute Gasteiger partial charge is 0.257 e. The summed E-state index contributed by atoms with van der Waals surface area (Å²) >= 11 is 5.98. The third-order valence-electron chi connectivity index (χ3n) is 2.87. The fourth-order valence-electron chi connectivity index (χ4n) is 1.73. The van der Waals surface area contributed by atoms with Crippen molar-refractivity contribution < 1.29 is 9.59 Å². The van der Waals surface area contributed by atoms with Crippen LogP contribution in [0.25, 0.3) is 0 Å². The lowest BCUT2D eigenvalue weighted by Gasteiger charge is -2.08. The van der Waals surface area contributed by atoms with E-state index in [-0.39, 0.29) is 11.8 Å². The average molecular weight is 303 g/mol. The molecule has 0 saturated heterocycles. The number of rotatable bonds is 4. The van der Waals surface area contributed by atoms with Crippen LogP contribution in [-0.2, 0) is 4.79 Å². The molecule has 0 aromatic heterocycles. The maximum absolute atomic E-state index is 12.1. The second-order valence-electron chi connectivity index (χ2n) is 4.41. The molecule has 21 heavy (non-hydrogen) atoms. The molecule has 0 radical (unpaired) electrons. The summed E-state index contributed by atoms with van der Waals surface area (Å²) in [7, 11) is 0. The van der Waals surface area contributed by atoms with E-state index < -0.39 is 0 Å². The molecular weight excluding hydrogens is 288 g/mol. The minimum atomic E-state index is -0.272. The summed E-state index contributed by atoms with van der Waals surface area (Å²) in [5, 5.41) is 5.90. The van der Waals surface area contributed by atoms with Crippen LogP contribution < -0.4 is 10.6 Å². The van der Waals surface area contributed by atoms with E-state index >= 15 is 0 Å². The minimum Gasteiger partial charge on any atom is -0.326 e. The minimum absolute atomic E-state index is 0.0529.